The summed E-state index contributed by atoms with van der Waals surface area (Å²) in [6.45, 7) is 3.94. The van der Waals surface area contributed by atoms with Crippen molar-refractivity contribution < 1.29 is 19.1 Å². The topological polar surface area (TPSA) is 79.5 Å². The van der Waals surface area contributed by atoms with Gasteiger partial charge in [0.1, 0.15) is 5.76 Å². The van der Waals surface area contributed by atoms with E-state index in [0.717, 1.165) is 11.1 Å². The zero-order chi connectivity index (χ0) is 14.7. The Bertz CT molecular complexity index is 658. The lowest BCUT2D eigenvalue weighted by molar-refractivity contribution is 0.0660. The third-order valence-corrected chi connectivity index (χ3v) is 2.93. The average Bonchev–Trinajstić information content (AvgIpc) is 2.88. The smallest absolute Gasteiger partial charge is 0.371 e. The standard InChI is InChI=1S/C15H15NO4/c1-9-3-4-10(2)12(7-9)14(17)16-8-11-5-6-13(20-11)15(18)19/h3-7H,8H2,1-2H3,(H,16,17)(H,18,19). The van der Waals surface area contributed by atoms with Crippen LogP contribution in [0.1, 0.15) is 37.8 Å². The molecule has 2 N–H and O–H groups in total. The summed E-state index contributed by atoms with van der Waals surface area (Å²) in [4.78, 5) is 22.7. The van der Waals surface area contributed by atoms with Crippen LogP contribution in [0.25, 0.3) is 0 Å². The average molecular weight is 273 g/mol. The summed E-state index contributed by atoms with van der Waals surface area (Å²) in [5.41, 5.74) is 2.50. The fraction of sp³-hybridized carbons (Fsp3) is 0.200. The lowest BCUT2D eigenvalue weighted by atomic mass is 10.1. The van der Waals surface area contributed by atoms with Crippen LogP contribution in [-0.4, -0.2) is 17.0 Å². The van der Waals surface area contributed by atoms with Crippen molar-refractivity contribution in [1.29, 1.82) is 0 Å². The Morgan fingerprint density at radius 3 is 2.60 bits per heavy atom. The second-order valence-electron chi connectivity index (χ2n) is 4.57. The van der Waals surface area contributed by atoms with Crippen molar-refractivity contribution in [1.82, 2.24) is 5.32 Å². The molecule has 0 saturated heterocycles. The molecule has 1 amide bonds. The van der Waals surface area contributed by atoms with Crippen LogP contribution >= 0.6 is 0 Å². The van der Waals surface area contributed by atoms with Crippen LogP contribution in [-0.2, 0) is 6.54 Å². The maximum absolute atomic E-state index is 12.1. The first kappa shape index (κ1) is 13.9. The minimum Gasteiger partial charge on any atom is -0.475 e. The Labute approximate surface area is 116 Å². The summed E-state index contributed by atoms with van der Waals surface area (Å²) in [6.07, 6.45) is 0. The van der Waals surface area contributed by atoms with Crippen LogP contribution in [0.15, 0.2) is 34.7 Å². The fourth-order valence-corrected chi connectivity index (χ4v) is 1.83. The van der Waals surface area contributed by atoms with Gasteiger partial charge >= 0.3 is 5.97 Å². The van der Waals surface area contributed by atoms with Gasteiger partial charge in [0.15, 0.2) is 0 Å². The van der Waals surface area contributed by atoms with Crippen LogP contribution in [0.3, 0.4) is 0 Å². The highest BCUT2D eigenvalue weighted by molar-refractivity contribution is 5.95. The van der Waals surface area contributed by atoms with Crippen LogP contribution in [0, 0.1) is 13.8 Å². The number of carbonyl (C=O) groups is 2. The Morgan fingerprint density at radius 2 is 1.95 bits per heavy atom. The number of carboxylic acids is 1. The number of hydrogen-bond acceptors (Lipinski definition) is 3. The largest absolute Gasteiger partial charge is 0.475 e. The molecule has 2 aromatic rings. The zero-order valence-corrected chi connectivity index (χ0v) is 11.3. The molecule has 0 aliphatic carbocycles. The Balaban J connectivity index is 2.04. The van der Waals surface area contributed by atoms with Crippen molar-refractivity contribution in [2.45, 2.75) is 20.4 Å². The minimum atomic E-state index is -1.13. The van der Waals surface area contributed by atoms with Crippen molar-refractivity contribution >= 4 is 11.9 Å². The molecule has 20 heavy (non-hydrogen) atoms. The predicted octanol–water partition coefficient (Wildman–Crippen LogP) is 2.52. The molecule has 0 bridgehead atoms. The van der Waals surface area contributed by atoms with Gasteiger partial charge in [0, 0.05) is 5.56 Å². The first-order chi connectivity index (χ1) is 9.47. The molecular weight excluding hydrogens is 258 g/mol. The van der Waals surface area contributed by atoms with Crippen molar-refractivity contribution in [3.8, 4) is 0 Å². The van der Waals surface area contributed by atoms with Crippen molar-refractivity contribution in [2.75, 3.05) is 0 Å². The van der Waals surface area contributed by atoms with Gasteiger partial charge < -0.3 is 14.8 Å². The SMILES string of the molecule is Cc1ccc(C)c(C(=O)NCc2ccc(C(=O)O)o2)c1. The second kappa shape index (κ2) is 5.61. The lowest BCUT2D eigenvalue weighted by Crippen LogP contribution is -2.23. The van der Waals surface area contributed by atoms with E-state index in [1.807, 2.05) is 32.0 Å². The van der Waals surface area contributed by atoms with Crippen LogP contribution in [0.2, 0.25) is 0 Å². The van der Waals surface area contributed by atoms with E-state index in [4.69, 9.17) is 9.52 Å². The monoisotopic (exact) mass is 273 g/mol. The van der Waals surface area contributed by atoms with Crippen molar-refractivity contribution in [3.05, 3.63) is 58.5 Å². The number of benzene rings is 1. The number of carbonyl (C=O) groups excluding carboxylic acids is 1. The Hall–Kier alpha value is -2.56. The minimum absolute atomic E-state index is 0.138. The molecule has 5 nitrogen and oxygen atoms in total. The van der Waals surface area contributed by atoms with Gasteiger partial charge in [-0.1, -0.05) is 17.7 Å². The summed E-state index contributed by atoms with van der Waals surface area (Å²) in [7, 11) is 0. The second-order valence-corrected chi connectivity index (χ2v) is 4.57. The van der Waals surface area contributed by atoms with Crippen molar-refractivity contribution in [2.24, 2.45) is 0 Å². The van der Waals surface area contributed by atoms with Gasteiger partial charge in [-0.05, 0) is 37.6 Å². The summed E-state index contributed by atoms with van der Waals surface area (Å²) >= 11 is 0. The predicted molar refractivity (Wildman–Crippen MR) is 72.8 cm³/mol. The third kappa shape index (κ3) is 3.06. The third-order valence-electron chi connectivity index (χ3n) is 2.93. The lowest BCUT2D eigenvalue weighted by Gasteiger charge is -2.07. The number of hydrogen-bond donors (Lipinski definition) is 2. The number of aryl methyl sites for hydroxylation is 2. The molecule has 1 aromatic carbocycles. The van der Waals surface area contributed by atoms with E-state index in [-0.39, 0.29) is 18.2 Å². The van der Waals surface area contributed by atoms with Gasteiger partial charge in [0.05, 0.1) is 6.54 Å². The Kier molecular flexibility index (Phi) is 3.89. The van der Waals surface area contributed by atoms with Crippen molar-refractivity contribution in [3.63, 3.8) is 0 Å². The zero-order valence-electron chi connectivity index (χ0n) is 11.3. The summed E-state index contributed by atoms with van der Waals surface area (Å²) in [5.74, 6) is -1.07. The van der Waals surface area contributed by atoms with E-state index >= 15 is 0 Å². The van der Waals surface area contributed by atoms with Gasteiger partial charge in [0.25, 0.3) is 5.91 Å². The molecular formula is C15H15NO4. The molecule has 1 heterocycles. The number of carboxylic acid groups (broad SMARTS) is 1. The van der Waals surface area contributed by atoms with E-state index in [0.29, 0.717) is 11.3 Å². The quantitative estimate of drug-likeness (QED) is 0.897. The summed E-state index contributed by atoms with van der Waals surface area (Å²) in [5, 5.41) is 11.4. The highest BCUT2D eigenvalue weighted by Crippen LogP contribution is 2.12. The van der Waals surface area contributed by atoms with Gasteiger partial charge in [-0.3, -0.25) is 4.79 Å². The Morgan fingerprint density at radius 1 is 1.20 bits per heavy atom. The number of furan rings is 1. The fourth-order valence-electron chi connectivity index (χ4n) is 1.83. The highest BCUT2D eigenvalue weighted by atomic mass is 16.4. The molecule has 0 unspecified atom stereocenters. The molecule has 0 radical (unpaired) electrons. The summed E-state index contributed by atoms with van der Waals surface area (Å²) in [6, 6.07) is 8.54. The van der Waals surface area contributed by atoms with E-state index in [2.05, 4.69) is 5.32 Å². The van der Waals surface area contributed by atoms with Crippen LogP contribution in [0.5, 0.6) is 0 Å². The molecule has 1 aromatic heterocycles. The van der Waals surface area contributed by atoms with E-state index < -0.39 is 5.97 Å². The van der Waals surface area contributed by atoms with Gasteiger partial charge in [-0.2, -0.15) is 0 Å². The first-order valence-corrected chi connectivity index (χ1v) is 6.15. The highest BCUT2D eigenvalue weighted by Gasteiger charge is 2.12. The van der Waals surface area contributed by atoms with Gasteiger partial charge in [0.2, 0.25) is 5.76 Å². The molecule has 0 saturated carbocycles. The molecule has 0 spiro atoms. The molecule has 104 valence electrons. The number of rotatable bonds is 4. The number of aromatic carboxylic acids is 1. The van der Waals surface area contributed by atoms with E-state index in [1.165, 1.54) is 12.1 Å². The van der Waals surface area contributed by atoms with Crippen LogP contribution < -0.4 is 5.32 Å². The first-order valence-electron chi connectivity index (χ1n) is 6.15. The molecule has 0 fully saturated rings. The molecule has 0 atom stereocenters. The summed E-state index contributed by atoms with van der Waals surface area (Å²) < 4.78 is 5.07. The van der Waals surface area contributed by atoms with E-state index in [1.54, 1.807) is 0 Å². The van der Waals surface area contributed by atoms with Crippen LogP contribution in [0.4, 0.5) is 0 Å². The van der Waals surface area contributed by atoms with E-state index in [9.17, 15) is 9.59 Å². The van der Waals surface area contributed by atoms with Gasteiger partial charge in [-0.25, -0.2) is 4.79 Å². The molecule has 2 rings (SSSR count). The molecule has 0 aliphatic rings. The number of amides is 1. The molecule has 5 heteroatoms. The maximum atomic E-state index is 12.1. The van der Waals surface area contributed by atoms with Gasteiger partial charge in [-0.15, -0.1) is 0 Å². The normalized spacial score (nSPS) is 10.3. The maximum Gasteiger partial charge on any atom is 0.371 e. The number of nitrogens with one attached hydrogen (secondary N) is 1. The molecule has 0 aliphatic heterocycles.